The van der Waals surface area contributed by atoms with Crippen LogP contribution in [0.2, 0.25) is 0 Å². The van der Waals surface area contributed by atoms with Crippen LogP contribution in [-0.2, 0) is 0 Å². The zero-order chi connectivity index (χ0) is 18.0. The van der Waals surface area contributed by atoms with Crippen molar-refractivity contribution in [1.29, 1.82) is 0 Å². The minimum Gasteiger partial charge on any atom is -0.478 e. The summed E-state index contributed by atoms with van der Waals surface area (Å²) in [5.74, 6) is -1.39. The Morgan fingerprint density at radius 3 is 2.20 bits per heavy atom. The maximum Gasteiger partial charge on any atom is 0.338 e. The zero-order valence-electron chi connectivity index (χ0n) is 14.0. The highest BCUT2D eigenvalue weighted by atomic mass is 19.1. The third kappa shape index (κ3) is 3.43. The molecule has 0 aliphatic rings. The van der Waals surface area contributed by atoms with E-state index in [0.29, 0.717) is 22.5 Å². The summed E-state index contributed by atoms with van der Waals surface area (Å²) < 4.78 is 13.3. The molecule has 4 heteroatoms. The Morgan fingerprint density at radius 1 is 1.00 bits per heavy atom. The van der Waals surface area contributed by atoms with Crippen molar-refractivity contribution in [2.75, 3.05) is 0 Å². The van der Waals surface area contributed by atoms with Crippen molar-refractivity contribution in [3.63, 3.8) is 0 Å². The summed E-state index contributed by atoms with van der Waals surface area (Å²) in [6.45, 7) is 3.90. The monoisotopic (exact) mass is 335 g/mol. The predicted octanol–water partition coefficient (Wildman–Crippen LogP) is 5.38. The average molecular weight is 335 g/mol. The van der Waals surface area contributed by atoms with Crippen molar-refractivity contribution < 1.29 is 14.3 Å². The van der Waals surface area contributed by atoms with Crippen LogP contribution in [0.5, 0.6) is 0 Å². The van der Waals surface area contributed by atoms with Gasteiger partial charge in [-0.15, -0.1) is 0 Å². The van der Waals surface area contributed by atoms with Crippen LogP contribution >= 0.6 is 0 Å². The molecule has 126 valence electrons. The standard InChI is InChI=1S/C21H18FNO2/c1-13(2)17-12-18(14-6-4-3-5-7-14)23-20(19(17)21(24)25)15-8-10-16(22)11-9-15/h3-13H,1-2H3,(H,24,25). The van der Waals surface area contributed by atoms with Gasteiger partial charge in [-0.3, -0.25) is 0 Å². The summed E-state index contributed by atoms with van der Waals surface area (Å²) in [6.07, 6.45) is 0. The lowest BCUT2D eigenvalue weighted by molar-refractivity contribution is 0.0695. The SMILES string of the molecule is CC(C)c1cc(-c2ccccc2)nc(-c2ccc(F)cc2)c1C(=O)O. The molecule has 1 heterocycles. The number of rotatable bonds is 4. The first-order chi connectivity index (χ1) is 12.0. The van der Waals surface area contributed by atoms with Crippen molar-refractivity contribution in [1.82, 2.24) is 4.98 Å². The highest BCUT2D eigenvalue weighted by Crippen LogP contribution is 2.33. The van der Waals surface area contributed by atoms with Crippen LogP contribution in [0, 0.1) is 5.82 Å². The third-order valence-corrected chi connectivity index (χ3v) is 4.07. The van der Waals surface area contributed by atoms with Crippen LogP contribution in [0.1, 0.15) is 35.7 Å². The number of carbonyl (C=O) groups is 1. The molecule has 25 heavy (non-hydrogen) atoms. The summed E-state index contributed by atoms with van der Waals surface area (Å²) in [4.78, 5) is 16.5. The molecule has 0 saturated heterocycles. The molecule has 3 nitrogen and oxygen atoms in total. The third-order valence-electron chi connectivity index (χ3n) is 4.07. The second-order valence-corrected chi connectivity index (χ2v) is 6.15. The van der Waals surface area contributed by atoms with Crippen molar-refractivity contribution in [3.05, 3.63) is 77.6 Å². The number of halogens is 1. The fourth-order valence-corrected chi connectivity index (χ4v) is 2.82. The lowest BCUT2D eigenvalue weighted by Gasteiger charge is -2.16. The fraction of sp³-hybridized carbons (Fsp3) is 0.143. The molecular weight excluding hydrogens is 317 g/mol. The number of hydrogen-bond donors (Lipinski definition) is 1. The summed E-state index contributed by atoms with van der Waals surface area (Å²) >= 11 is 0. The largest absolute Gasteiger partial charge is 0.478 e. The second-order valence-electron chi connectivity index (χ2n) is 6.15. The van der Waals surface area contributed by atoms with Gasteiger partial charge in [-0.2, -0.15) is 0 Å². The first-order valence-corrected chi connectivity index (χ1v) is 8.07. The highest BCUT2D eigenvalue weighted by molar-refractivity contribution is 5.97. The van der Waals surface area contributed by atoms with Crippen LogP contribution in [0.3, 0.4) is 0 Å². The lowest BCUT2D eigenvalue weighted by Crippen LogP contribution is -2.09. The molecule has 0 unspecified atom stereocenters. The molecule has 1 N–H and O–H groups in total. The molecule has 1 aromatic heterocycles. The number of hydrogen-bond acceptors (Lipinski definition) is 2. The Bertz CT molecular complexity index is 903. The maximum absolute atomic E-state index is 13.3. The Labute approximate surface area is 145 Å². The van der Waals surface area contributed by atoms with Gasteiger partial charge in [0.1, 0.15) is 5.82 Å². The molecule has 0 fully saturated rings. The lowest BCUT2D eigenvalue weighted by atomic mass is 9.92. The van der Waals surface area contributed by atoms with Gasteiger partial charge in [-0.1, -0.05) is 44.2 Å². The molecule has 2 aromatic carbocycles. The minimum atomic E-state index is -1.03. The molecular formula is C21H18FNO2. The quantitative estimate of drug-likeness (QED) is 0.697. The normalized spacial score (nSPS) is 10.9. The number of aromatic carboxylic acids is 1. The van der Waals surface area contributed by atoms with Gasteiger partial charge in [0, 0.05) is 11.1 Å². The van der Waals surface area contributed by atoms with E-state index < -0.39 is 5.97 Å². The summed E-state index contributed by atoms with van der Waals surface area (Å²) in [5, 5.41) is 9.76. The Hall–Kier alpha value is -3.01. The number of carboxylic acid groups (broad SMARTS) is 1. The molecule has 0 saturated carbocycles. The van der Waals surface area contributed by atoms with E-state index in [1.165, 1.54) is 12.1 Å². The minimum absolute atomic E-state index is 0.00996. The summed E-state index contributed by atoms with van der Waals surface area (Å²) in [6, 6.07) is 17.2. The molecule has 0 atom stereocenters. The van der Waals surface area contributed by atoms with Gasteiger partial charge in [0.25, 0.3) is 0 Å². The average Bonchev–Trinajstić information content (AvgIpc) is 2.61. The number of benzene rings is 2. The first-order valence-electron chi connectivity index (χ1n) is 8.07. The van der Waals surface area contributed by atoms with Gasteiger partial charge in [0.05, 0.1) is 17.0 Å². The zero-order valence-corrected chi connectivity index (χ0v) is 14.0. The number of aromatic nitrogens is 1. The van der Waals surface area contributed by atoms with Crippen LogP contribution < -0.4 is 0 Å². The topological polar surface area (TPSA) is 50.2 Å². The molecule has 0 aliphatic heterocycles. The van der Waals surface area contributed by atoms with E-state index in [1.54, 1.807) is 12.1 Å². The number of carboxylic acids is 1. The van der Waals surface area contributed by atoms with Gasteiger partial charge < -0.3 is 5.11 Å². The Kier molecular flexibility index (Phi) is 4.61. The molecule has 0 spiro atoms. The van der Waals surface area contributed by atoms with Crippen LogP contribution in [0.25, 0.3) is 22.5 Å². The highest BCUT2D eigenvalue weighted by Gasteiger charge is 2.22. The van der Waals surface area contributed by atoms with Gasteiger partial charge in [-0.05, 0) is 41.8 Å². The molecule has 3 aromatic rings. The van der Waals surface area contributed by atoms with Crippen LogP contribution in [0.4, 0.5) is 4.39 Å². The van der Waals surface area contributed by atoms with E-state index in [-0.39, 0.29) is 17.3 Å². The maximum atomic E-state index is 13.3. The van der Waals surface area contributed by atoms with E-state index >= 15 is 0 Å². The Balaban J connectivity index is 2.31. The van der Waals surface area contributed by atoms with Crippen molar-refractivity contribution >= 4 is 5.97 Å². The number of pyridine rings is 1. The smallest absolute Gasteiger partial charge is 0.338 e. The van der Waals surface area contributed by atoms with Crippen molar-refractivity contribution in [2.24, 2.45) is 0 Å². The van der Waals surface area contributed by atoms with Crippen LogP contribution in [-0.4, -0.2) is 16.1 Å². The van der Waals surface area contributed by atoms with E-state index in [0.717, 1.165) is 5.56 Å². The summed E-state index contributed by atoms with van der Waals surface area (Å²) in [5.41, 5.74) is 3.43. The summed E-state index contributed by atoms with van der Waals surface area (Å²) in [7, 11) is 0. The van der Waals surface area contributed by atoms with Crippen molar-refractivity contribution in [3.8, 4) is 22.5 Å². The van der Waals surface area contributed by atoms with E-state index in [1.807, 2.05) is 50.2 Å². The van der Waals surface area contributed by atoms with Gasteiger partial charge >= 0.3 is 5.97 Å². The van der Waals surface area contributed by atoms with Crippen LogP contribution in [0.15, 0.2) is 60.7 Å². The Morgan fingerprint density at radius 2 is 1.64 bits per heavy atom. The fourth-order valence-electron chi connectivity index (χ4n) is 2.82. The molecule has 0 bridgehead atoms. The van der Waals surface area contributed by atoms with E-state index in [4.69, 9.17) is 0 Å². The number of nitrogens with zero attached hydrogens (tertiary/aromatic N) is 1. The molecule has 0 aliphatic carbocycles. The van der Waals surface area contributed by atoms with Gasteiger partial charge in [0.15, 0.2) is 0 Å². The van der Waals surface area contributed by atoms with Gasteiger partial charge in [0.2, 0.25) is 0 Å². The van der Waals surface area contributed by atoms with Crippen molar-refractivity contribution in [2.45, 2.75) is 19.8 Å². The van der Waals surface area contributed by atoms with E-state index in [9.17, 15) is 14.3 Å². The van der Waals surface area contributed by atoms with Gasteiger partial charge in [-0.25, -0.2) is 14.2 Å². The first kappa shape index (κ1) is 16.8. The van der Waals surface area contributed by atoms with E-state index in [2.05, 4.69) is 4.98 Å². The molecule has 0 radical (unpaired) electrons. The second kappa shape index (κ2) is 6.85. The molecule has 3 rings (SSSR count). The molecule has 0 amide bonds. The predicted molar refractivity (Wildman–Crippen MR) is 96.1 cm³/mol.